The molecule has 1 saturated heterocycles. The molecule has 8 atom stereocenters. The molecule has 4 rings (SSSR count). The third kappa shape index (κ3) is 5.20. The molecule has 0 aromatic heterocycles. The van der Waals surface area contributed by atoms with Crippen LogP contribution in [0.5, 0.6) is 5.75 Å². The summed E-state index contributed by atoms with van der Waals surface area (Å²) in [7, 11) is 0. The lowest BCUT2D eigenvalue weighted by atomic mass is 9.45. The maximum Gasteiger partial charge on any atom is 0.338 e. The van der Waals surface area contributed by atoms with Crippen molar-refractivity contribution < 1.29 is 43.5 Å². The molecule has 1 saturated carbocycles. The fourth-order valence-electron chi connectivity index (χ4n) is 6.82. The molecule has 3 aliphatic rings. The van der Waals surface area contributed by atoms with Crippen molar-refractivity contribution in [2.75, 3.05) is 0 Å². The Bertz CT molecular complexity index is 1220. The number of ether oxygens (including phenoxy) is 4. The number of hydrogen-bond acceptors (Lipinski definition) is 9. The molecule has 216 valence electrons. The van der Waals surface area contributed by atoms with Crippen LogP contribution in [0.2, 0.25) is 0 Å². The normalized spacial score (nSPS) is 34.5. The van der Waals surface area contributed by atoms with E-state index in [-0.39, 0.29) is 17.2 Å². The number of phenols is 1. The van der Waals surface area contributed by atoms with Gasteiger partial charge in [-0.25, -0.2) is 4.79 Å². The van der Waals surface area contributed by atoms with Gasteiger partial charge in [-0.15, -0.1) is 0 Å². The first-order chi connectivity index (χ1) is 18.8. The monoisotopic (exact) mass is 554 g/mol. The highest BCUT2D eigenvalue weighted by molar-refractivity contribution is 5.89. The molecule has 0 radical (unpaired) electrons. The molecule has 0 amide bonds. The molecule has 8 unspecified atom stereocenters. The average molecular weight is 555 g/mol. The highest BCUT2D eigenvalue weighted by Crippen LogP contribution is 2.67. The summed E-state index contributed by atoms with van der Waals surface area (Å²) in [5.41, 5.74) is -0.147. The van der Waals surface area contributed by atoms with E-state index in [0.717, 1.165) is 5.57 Å². The van der Waals surface area contributed by atoms with Gasteiger partial charge in [-0.1, -0.05) is 38.7 Å². The maximum atomic E-state index is 13.1. The first-order valence-corrected chi connectivity index (χ1v) is 13.5. The molecule has 2 aliphatic carbocycles. The third-order valence-corrected chi connectivity index (χ3v) is 9.03. The van der Waals surface area contributed by atoms with Crippen LogP contribution in [0.4, 0.5) is 0 Å². The lowest BCUT2D eigenvalue weighted by Crippen LogP contribution is -2.63. The fraction of sp³-hybridized carbons (Fsp3) is 0.516. The zero-order chi connectivity index (χ0) is 29.4. The maximum absolute atomic E-state index is 13.1. The Morgan fingerprint density at radius 3 is 2.35 bits per heavy atom. The van der Waals surface area contributed by atoms with Gasteiger partial charge in [0.2, 0.25) is 12.6 Å². The van der Waals surface area contributed by atoms with Crippen molar-refractivity contribution in [3.8, 4) is 5.75 Å². The second kappa shape index (κ2) is 11.2. The molecule has 2 N–H and O–H groups in total. The second-order valence-corrected chi connectivity index (χ2v) is 11.4. The van der Waals surface area contributed by atoms with Crippen molar-refractivity contribution in [1.29, 1.82) is 0 Å². The Labute approximate surface area is 234 Å². The number of esters is 3. The second-order valence-electron chi connectivity index (χ2n) is 11.4. The van der Waals surface area contributed by atoms with Gasteiger partial charge >= 0.3 is 17.9 Å². The summed E-state index contributed by atoms with van der Waals surface area (Å²) in [6.07, 6.45) is 1.18. The smallest absolute Gasteiger partial charge is 0.338 e. The van der Waals surface area contributed by atoms with Gasteiger partial charge in [-0.3, -0.25) is 14.3 Å². The summed E-state index contributed by atoms with van der Waals surface area (Å²) in [5.74, 6) is -2.18. The molecule has 9 nitrogen and oxygen atoms in total. The van der Waals surface area contributed by atoms with E-state index in [4.69, 9.17) is 18.9 Å². The molecule has 9 heteroatoms. The quantitative estimate of drug-likeness (QED) is 0.205. The van der Waals surface area contributed by atoms with Crippen LogP contribution < -0.4 is 0 Å². The lowest BCUT2D eigenvalue weighted by molar-refractivity contribution is -0.254. The molecular formula is C31H38O9. The summed E-state index contributed by atoms with van der Waals surface area (Å²) < 4.78 is 23.2. The SMILES string of the molecule is C=CC(=C)CCC1(C)C(C)CC(O)C23C(=CC(OC(=O)c4ccc(O)cc4)CC12)C(OC(C)=O)OC3OC(C)=O. The first-order valence-electron chi connectivity index (χ1n) is 13.5. The van der Waals surface area contributed by atoms with Crippen LogP contribution in [0.15, 0.2) is 60.7 Å². The van der Waals surface area contributed by atoms with Crippen molar-refractivity contribution in [2.45, 2.75) is 78.2 Å². The number of aliphatic hydroxyl groups is 1. The molecule has 0 bridgehead atoms. The minimum absolute atomic E-state index is 0.0204. The van der Waals surface area contributed by atoms with Crippen molar-refractivity contribution in [3.05, 3.63) is 66.3 Å². The molecule has 2 fully saturated rings. The molecule has 1 aromatic carbocycles. The Balaban J connectivity index is 1.84. The minimum Gasteiger partial charge on any atom is -0.508 e. The Morgan fingerprint density at radius 1 is 1.10 bits per heavy atom. The number of phenolic OH excluding ortho intramolecular Hbond substituents is 1. The average Bonchev–Trinajstić information content (AvgIpc) is 3.18. The van der Waals surface area contributed by atoms with E-state index in [0.29, 0.717) is 31.3 Å². The molecular weight excluding hydrogens is 516 g/mol. The van der Waals surface area contributed by atoms with Crippen molar-refractivity contribution in [2.24, 2.45) is 22.7 Å². The van der Waals surface area contributed by atoms with Crippen LogP contribution in [0.25, 0.3) is 0 Å². The fourth-order valence-corrected chi connectivity index (χ4v) is 6.82. The van der Waals surface area contributed by atoms with E-state index in [1.165, 1.54) is 38.1 Å². The molecule has 1 aromatic rings. The van der Waals surface area contributed by atoms with Gasteiger partial charge in [-0.05, 0) is 73.3 Å². The van der Waals surface area contributed by atoms with Crippen LogP contribution >= 0.6 is 0 Å². The van der Waals surface area contributed by atoms with Crippen molar-refractivity contribution in [1.82, 2.24) is 0 Å². The Morgan fingerprint density at radius 2 is 1.75 bits per heavy atom. The standard InChI is InChI=1S/C31H38O9/c1-7-17(2)12-13-30(6)18(3)14-26(35)31-24(28(37-19(4)32)40-29(31)38-20(5)33)15-23(16-25(30)31)39-27(36)21-8-10-22(34)11-9-21/h7-11,15,18,23,25-26,28-29,34-35H,1-2,12-14,16H2,3-6H3. The summed E-state index contributed by atoms with van der Waals surface area (Å²) >= 11 is 0. The summed E-state index contributed by atoms with van der Waals surface area (Å²) in [6, 6.07) is 5.72. The highest BCUT2D eigenvalue weighted by Gasteiger charge is 2.71. The first kappa shape index (κ1) is 29.6. The number of benzene rings is 1. The highest BCUT2D eigenvalue weighted by atomic mass is 16.8. The summed E-state index contributed by atoms with van der Waals surface area (Å²) in [4.78, 5) is 37.4. The van der Waals surface area contributed by atoms with E-state index in [1.54, 1.807) is 12.2 Å². The van der Waals surface area contributed by atoms with Gasteiger partial charge in [0.15, 0.2) is 0 Å². The number of hydrogen-bond donors (Lipinski definition) is 2. The van der Waals surface area contributed by atoms with Crippen LogP contribution in [-0.4, -0.2) is 52.9 Å². The number of rotatable bonds is 8. The predicted molar refractivity (Wildman–Crippen MR) is 145 cm³/mol. The number of allylic oxidation sites excluding steroid dienone is 2. The number of aromatic hydroxyl groups is 1. The van der Waals surface area contributed by atoms with E-state index in [1.807, 2.05) is 0 Å². The number of carbonyl (C=O) groups is 3. The molecule has 1 aliphatic heterocycles. The van der Waals surface area contributed by atoms with Crippen LogP contribution in [0.3, 0.4) is 0 Å². The van der Waals surface area contributed by atoms with E-state index in [2.05, 4.69) is 27.0 Å². The molecule has 1 spiro atoms. The van der Waals surface area contributed by atoms with Gasteiger partial charge < -0.3 is 24.4 Å². The van der Waals surface area contributed by atoms with E-state index >= 15 is 0 Å². The lowest BCUT2D eigenvalue weighted by Gasteiger charge is -2.60. The minimum atomic E-state index is -1.24. The van der Waals surface area contributed by atoms with Gasteiger partial charge in [-0.2, -0.15) is 0 Å². The third-order valence-electron chi connectivity index (χ3n) is 9.03. The summed E-state index contributed by atoms with van der Waals surface area (Å²) in [6.45, 7) is 14.6. The van der Waals surface area contributed by atoms with E-state index < -0.39 is 59.4 Å². The van der Waals surface area contributed by atoms with Crippen LogP contribution in [0.1, 0.15) is 63.7 Å². The van der Waals surface area contributed by atoms with E-state index in [9.17, 15) is 24.6 Å². The zero-order valence-corrected chi connectivity index (χ0v) is 23.4. The predicted octanol–water partition coefficient (Wildman–Crippen LogP) is 4.59. The summed E-state index contributed by atoms with van der Waals surface area (Å²) in [5, 5.41) is 21.4. The zero-order valence-electron chi connectivity index (χ0n) is 23.4. The van der Waals surface area contributed by atoms with Gasteiger partial charge in [0.25, 0.3) is 0 Å². The topological polar surface area (TPSA) is 129 Å². The van der Waals surface area contributed by atoms with Gasteiger partial charge in [0, 0.05) is 19.4 Å². The largest absolute Gasteiger partial charge is 0.508 e. The number of carbonyl (C=O) groups excluding carboxylic acids is 3. The van der Waals surface area contributed by atoms with Gasteiger partial charge in [0.05, 0.1) is 17.1 Å². The molecule has 40 heavy (non-hydrogen) atoms. The Kier molecular flexibility index (Phi) is 8.28. The van der Waals surface area contributed by atoms with Crippen LogP contribution in [-0.2, 0) is 28.5 Å². The Hall–Kier alpha value is -3.43. The van der Waals surface area contributed by atoms with Crippen LogP contribution in [0, 0.1) is 22.7 Å². The number of aliphatic hydroxyl groups excluding tert-OH is 1. The van der Waals surface area contributed by atoms with Crippen molar-refractivity contribution in [3.63, 3.8) is 0 Å². The van der Waals surface area contributed by atoms with Gasteiger partial charge in [0.1, 0.15) is 11.9 Å². The molecule has 1 heterocycles. The van der Waals surface area contributed by atoms with Crippen molar-refractivity contribution >= 4 is 17.9 Å².